The molecule has 1 aliphatic heterocycles. The fourth-order valence-electron chi connectivity index (χ4n) is 2.41. The number of hydrogen-bond acceptors (Lipinski definition) is 4. The van der Waals surface area contributed by atoms with E-state index in [1.165, 1.54) is 31.8 Å². The first-order valence-corrected chi connectivity index (χ1v) is 6.89. The van der Waals surface area contributed by atoms with E-state index in [-0.39, 0.29) is 5.57 Å². The van der Waals surface area contributed by atoms with Crippen LogP contribution in [0.15, 0.2) is 29.8 Å². The second kappa shape index (κ2) is 6.76. The normalized spacial score (nSPS) is 16.4. The van der Waals surface area contributed by atoms with Gasteiger partial charge in [0.25, 0.3) is 0 Å². The third kappa shape index (κ3) is 3.61. The second-order valence-corrected chi connectivity index (χ2v) is 4.95. The standard InChI is InChI=1S/C16H18N2O2/c17-12-14(16(19)20)11-13-5-7-15(8-6-13)18-9-3-1-2-4-10-18/h5-8,11H,1-4,9-10H2,(H,19,20)/p-1/b14-11+. The summed E-state index contributed by atoms with van der Waals surface area (Å²) in [5.41, 5.74) is 1.49. The van der Waals surface area contributed by atoms with Gasteiger partial charge >= 0.3 is 0 Å². The molecule has 0 amide bonds. The van der Waals surface area contributed by atoms with Gasteiger partial charge in [-0.1, -0.05) is 25.0 Å². The molecular formula is C16H17N2O2-. The predicted molar refractivity (Wildman–Crippen MR) is 75.7 cm³/mol. The molecule has 0 spiro atoms. The van der Waals surface area contributed by atoms with Crippen LogP contribution in [0.5, 0.6) is 0 Å². The van der Waals surface area contributed by atoms with Crippen molar-refractivity contribution >= 4 is 17.7 Å². The summed E-state index contributed by atoms with van der Waals surface area (Å²) < 4.78 is 0. The molecule has 0 atom stereocenters. The van der Waals surface area contributed by atoms with E-state index in [1.54, 1.807) is 6.07 Å². The fraction of sp³-hybridized carbons (Fsp3) is 0.375. The monoisotopic (exact) mass is 269 g/mol. The van der Waals surface area contributed by atoms with Crippen molar-refractivity contribution < 1.29 is 9.90 Å². The van der Waals surface area contributed by atoms with E-state index in [9.17, 15) is 9.90 Å². The zero-order valence-electron chi connectivity index (χ0n) is 11.3. The van der Waals surface area contributed by atoms with Crippen molar-refractivity contribution in [3.63, 3.8) is 0 Å². The topological polar surface area (TPSA) is 67.2 Å². The van der Waals surface area contributed by atoms with Gasteiger partial charge in [-0.2, -0.15) is 5.26 Å². The molecule has 2 rings (SSSR count). The summed E-state index contributed by atoms with van der Waals surface area (Å²) in [4.78, 5) is 13.0. The van der Waals surface area contributed by atoms with E-state index in [4.69, 9.17) is 5.26 Å². The summed E-state index contributed by atoms with van der Waals surface area (Å²) in [5.74, 6) is -1.44. The first kappa shape index (κ1) is 14.1. The van der Waals surface area contributed by atoms with Gasteiger partial charge in [-0.3, -0.25) is 0 Å². The van der Waals surface area contributed by atoms with Crippen LogP contribution >= 0.6 is 0 Å². The van der Waals surface area contributed by atoms with Gasteiger partial charge < -0.3 is 14.8 Å². The zero-order valence-corrected chi connectivity index (χ0v) is 11.3. The molecule has 20 heavy (non-hydrogen) atoms. The predicted octanol–water partition coefficient (Wildman–Crippen LogP) is 1.72. The van der Waals surface area contributed by atoms with Crippen LogP contribution in [-0.4, -0.2) is 19.1 Å². The van der Waals surface area contributed by atoms with Gasteiger partial charge in [-0.15, -0.1) is 0 Å². The maximum atomic E-state index is 10.7. The molecular weight excluding hydrogens is 252 g/mol. The number of rotatable bonds is 3. The minimum absolute atomic E-state index is 0.354. The number of aliphatic carboxylic acids is 1. The van der Waals surface area contributed by atoms with Crippen molar-refractivity contribution in [2.45, 2.75) is 25.7 Å². The van der Waals surface area contributed by atoms with Crippen molar-refractivity contribution in [2.24, 2.45) is 0 Å². The van der Waals surface area contributed by atoms with Gasteiger partial charge in [0, 0.05) is 18.8 Å². The van der Waals surface area contributed by atoms with Crippen LogP contribution in [0.25, 0.3) is 6.08 Å². The van der Waals surface area contributed by atoms with Gasteiger partial charge in [0.15, 0.2) is 0 Å². The summed E-state index contributed by atoms with van der Waals surface area (Å²) in [6.45, 7) is 2.13. The number of nitriles is 1. The molecule has 4 nitrogen and oxygen atoms in total. The lowest BCUT2D eigenvalue weighted by Crippen LogP contribution is -2.24. The Morgan fingerprint density at radius 2 is 1.75 bits per heavy atom. The van der Waals surface area contributed by atoms with Crippen LogP contribution in [0.3, 0.4) is 0 Å². The molecule has 0 aromatic heterocycles. The SMILES string of the molecule is N#C/C(=C\c1ccc(N2CCCCCC2)cc1)C(=O)[O-]. The molecule has 0 aliphatic carbocycles. The number of carboxylic acid groups (broad SMARTS) is 1. The van der Waals surface area contributed by atoms with E-state index in [0.29, 0.717) is 5.56 Å². The van der Waals surface area contributed by atoms with Crippen molar-refractivity contribution in [2.75, 3.05) is 18.0 Å². The van der Waals surface area contributed by atoms with Crippen LogP contribution in [0.2, 0.25) is 0 Å². The van der Waals surface area contributed by atoms with Crippen LogP contribution < -0.4 is 10.0 Å². The van der Waals surface area contributed by atoms with Crippen LogP contribution in [0.1, 0.15) is 31.2 Å². The lowest BCUT2D eigenvalue weighted by molar-refractivity contribution is -0.298. The maximum Gasteiger partial charge on any atom is 0.101 e. The van der Waals surface area contributed by atoms with Gasteiger partial charge in [-0.05, 0) is 36.6 Å². The summed E-state index contributed by atoms with van der Waals surface area (Å²) in [5, 5.41) is 19.4. The largest absolute Gasteiger partial charge is 0.544 e. The summed E-state index contributed by atoms with van der Waals surface area (Å²) >= 11 is 0. The minimum Gasteiger partial charge on any atom is -0.544 e. The number of anilines is 1. The quantitative estimate of drug-likeness (QED) is 0.619. The minimum atomic E-state index is -1.44. The Balaban J connectivity index is 2.13. The fourth-order valence-corrected chi connectivity index (χ4v) is 2.41. The molecule has 0 unspecified atom stereocenters. The van der Waals surface area contributed by atoms with Gasteiger partial charge in [-0.25, -0.2) is 0 Å². The van der Waals surface area contributed by atoms with E-state index < -0.39 is 5.97 Å². The highest BCUT2D eigenvalue weighted by molar-refractivity contribution is 5.95. The highest BCUT2D eigenvalue weighted by atomic mass is 16.4. The van der Waals surface area contributed by atoms with Gasteiger partial charge in [0.05, 0.1) is 11.5 Å². The number of nitrogens with zero attached hydrogens (tertiary/aromatic N) is 2. The van der Waals surface area contributed by atoms with Crippen molar-refractivity contribution in [3.05, 3.63) is 35.4 Å². The molecule has 104 valence electrons. The molecule has 4 heteroatoms. The summed E-state index contributed by atoms with van der Waals surface area (Å²) in [6, 6.07) is 9.24. The molecule has 1 heterocycles. The number of carbonyl (C=O) groups is 1. The first-order chi connectivity index (χ1) is 9.70. The van der Waals surface area contributed by atoms with E-state index in [0.717, 1.165) is 18.8 Å². The molecule has 0 radical (unpaired) electrons. The average molecular weight is 269 g/mol. The lowest BCUT2D eigenvalue weighted by Gasteiger charge is -2.22. The van der Waals surface area contributed by atoms with Crippen LogP contribution in [0, 0.1) is 11.3 Å². The first-order valence-electron chi connectivity index (χ1n) is 6.89. The summed E-state index contributed by atoms with van der Waals surface area (Å²) in [6.07, 6.45) is 6.33. The smallest absolute Gasteiger partial charge is 0.101 e. The van der Waals surface area contributed by atoms with Crippen molar-refractivity contribution in [1.82, 2.24) is 0 Å². The maximum absolute atomic E-state index is 10.7. The van der Waals surface area contributed by atoms with Crippen molar-refractivity contribution in [3.8, 4) is 6.07 Å². The molecule has 0 bridgehead atoms. The molecule has 1 fully saturated rings. The molecule has 0 N–H and O–H groups in total. The van der Waals surface area contributed by atoms with Gasteiger partial charge in [0.1, 0.15) is 6.07 Å². The Kier molecular flexibility index (Phi) is 4.78. The molecule has 0 saturated carbocycles. The molecule has 1 aromatic rings. The number of carbonyl (C=O) groups excluding carboxylic acids is 1. The Hall–Kier alpha value is -2.28. The third-order valence-electron chi connectivity index (χ3n) is 3.52. The van der Waals surface area contributed by atoms with E-state index >= 15 is 0 Å². The highest BCUT2D eigenvalue weighted by Gasteiger charge is 2.09. The molecule has 1 aliphatic rings. The van der Waals surface area contributed by atoms with Crippen LogP contribution in [0.4, 0.5) is 5.69 Å². The molecule has 1 aromatic carbocycles. The van der Waals surface area contributed by atoms with E-state index in [1.807, 2.05) is 24.3 Å². The summed E-state index contributed by atoms with van der Waals surface area (Å²) in [7, 11) is 0. The Morgan fingerprint density at radius 3 is 2.25 bits per heavy atom. The lowest BCUT2D eigenvalue weighted by atomic mass is 10.1. The number of hydrogen-bond donors (Lipinski definition) is 0. The number of carboxylic acids is 1. The third-order valence-corrected chi connectivity index (χ3v) is 3.52. The van der Waals surface area contributed by atoms with Gasteiger partial charge in [0.2, 0.25) is 0 Å². The van der Waals surface area contributed by atoms with Crippen LogP contribution in [-0.2, 0) is 4.79 Å². The Morgan fingerprint density at radius 1 is 1.15 bits per heavy atom. The zero-order chi connectivity index (χ0) is 14.4. The number of benzene rings is 1. The average Bonchev–Trinajstić information content (AvgIpc) is 2.74. The highest BCUT2D eigenvalue weighted by Crippen LogP contribution is 2.20. The Labute approximate surface area is 118 Å². The van der Waals surface area contributed by atoms with Crippen molar-refractivity contribution in [1.29, 1.82) is 5.26 Å². The second-order valence-electron chi connectivity index (χ2n) is 4.95. The Bertz CT molecular complexity index is 533. The van der Waals surface area contributed by atoms with E-state index in [2.05, 4.69) is 4.90 Å². The molecule has 1 saturated heterocycles.